The van der Waals surface area contributed by atoms with Crippen molar-refractivity contribution >= 4 is 28.5 Å². The molecule has 102 valence electrons. The molecule has 0 saturated heterocycles. The summed E-state index contributed by atoms with van der Waals surface area (Å²) in [6, 6.07) is 1.89. The van der Waals surface area contributed by atoms with Crippen molar-refractivity contribution in [3.63, 3.8) is 0 Å². The van der Waals surface area contributed by atoms with E-state index in [-0.39, 0.29) is 12.3 Å². The van der Waals surface area contributed by atoms with E-state index in [1.165, 1.54) is 0 Å². The van der Waals surface area contributed by atoms with Gasteiger partial charge in [-0.1, -0.05) is 0 Å². The Morgan fingerprint density at radius 2 is 2.26 bits per heavy atom. The summed E-state index contributed by atoms with van der Waals surface area (Å²) in [6.07, 6.45) is 4.31. The fourth-order valence-electron chi connectivity index (χ4n) is 2.42. The van der Waals surface area contributed by atoms with E-state index < -0.39 is 5.54 Å². The number of halogens is 1. The topological polar surface area (TPSA) is 73.8 Å². The van der Waals surface area contributed by atoms with E-state index >= 15 is 0 Å². The van der Waals surface area contributed by atoms with Crippen LogP contribution in [0.4, 0.5) is 0 Å². The molecular formula is C13H17ClN4O. The summed E-state index contributed by atoms with van der Waals surface area (Å²) in [5.41, 5.74) is 6.65. The quantitative estimate of drug-likeness (QED) is 0.849. The molecule has 1 amide bonds. The van der Waals surface area contributed by atoms with Gasteiger partial charge >= 0.3 is 0 Å². The van der Waals surface area contributed by atoms with Crippen molar-refractivity contribution in [1.29, 1.82) is 0 Å². The number of carbonyl (C=O) groups is 1. The second-order valence-corrected chi connectivity index (χ2v) is 5.50. The van der Waals surface area contributed by atoms with E-state index in [2.05, 4.69) is 9.97 Å². The highest BCUT2D eigenvalue weighted by atomic mass is 35.5. The zero-order valence-corrected chi connectivity index (χ0v) is 11.8. The SMILES string of the molecule is CC(C)(CC(N)=O)n1c(CCCl)nc2cnccc21. The predicted octanol–water partition coefficient (Wildman–Crippen LogP) is 1.82. The molecule has 0 fully saturated rings. The summed E-state index contributed by atoms with van der Waals surface area (Å²) < 4.78 is 2.04. The van der Waals surface area contributed by atoms with Gasteiger partial charge in [0, 0.05) is 30.5 Å². The third-order valence-corrected chi connectivity index (χ3v) is 3.25. The third-order valence-electron chi connectivity index (χ3n) is 3.06. The number of aryl methyl sites for hydroxylation is 1. The smallest absolute Gasteiger partial charge is 0.219 e. The number of nitrogens with two attached hydrogens (primary N) is 1. The van der Waals surface area contributed by atoms with Gasteiger partial charge in [-0.2, -0.15) is 0 Å². The van der Waals surface area contributed by atoms with Crippen LogP contribution in [-0.4, -0.2) is 26.3 Å². The molecule has 0 aromatic carbocycles. The second kappa shape index (κ2) is 5.17. The van der Waals surface area contributed by atoms with Crippen molar-refractivity contribution in [3.05, 3.63) is 24.3 Å². The Hall–Kier alpha value is -1.62. The number of primary amides is 1. The number of amides is 1. The normalized spacial score (nSPS) is 11.9. The maximum atomic E-state index is 11.3. The number of alkyl halides is 1. The first-order valence-corrected chi connectivity index (χ1v) is 6.65. The minimum absolute atomic E-state index is 0.246. The lowest BCUT2D eigenvalue weighted by Crippen LogP contribution is -2.33. The lowest BCUT2D eigenvalue weighted by atomic mass is 9.99. The Balaban J connectivity index is 2.61. The Morgan fingerprint density at radius 1 is 1.53 bits per heavy atom. The molecule has 0 aliphatic heterocycles. The van der Waals surface area contributed by atoms with Crippen LogP contribution in [-0.2, 0) is 16.8 Å². The molecule has 0 saturated carbocycles. The Morgan fingerprint density at radius 3 is 2.89 bits per heavy atom. The van der Waals surface area contributed by atoms with Crippen molar-refractivity contribution in [3.8, 4) is 0 Å². The highest BCUT2D eigenvalue weighted by Crippen LogP contribution is 2.28. The molecule has 0 unspecified atom stereocenters. The maximum Gasteiger partial charge on any atom is 0.219 e. The summed E-state index contributed by atoms with van der Waals surface area (Å²) in [7, 11) is 0. The summed E-state index contributed by atoms with van der Waals surface area (Å²) in [4.78, 5) is 19.9. The van der Waals surface area contributed by atoms with E-state index in [1.54, 1.807) is 12.4 Å². The fourth-order valence-corrected chi connectivity index (χ4v) is 2.58. The van der Waals surface area contributed by atoms with Gasteiger partial charge in [-0.25, -0.2) is 4.98 Å². The van der Waals surface area contributed by atoms with Gasteiger partial charge in [0.1, 0.15) is 11.3 Å². The van der Waals surface area contributed by atoms with E-state index in [4.69, 9.17) is 17.3 Å². The van der Waals surface area contributed by atoms with Gasteiger partial charge in [0.05, 0.1) is 11.7 Å². The van der Waals surface area contributed by atoms with Crippen molar-refractivity contribution in [2.75, 3.05) is 5.88 Å². The molecule has 0 atom stereocenters. The number of aromatic nitrogens is 3. The average molecular weight is 281 g/mol. The van der Waals surface area contributed by atoms with Gasteiger partial charge in [0.15, 0.2) is 0 Å². The molecule has 0 radical (unpaired) electrons. The van der Waals surface area contributed by atoms with Crippen LogP contribution in [0.1, 0.15) is 26.1 Å². The number of hydrogen-bond acceptors (Lipinski definition) is 3. The van der Waals surface area contributed by atoms with E-state index in [9.17, 15) is 4.79 Å². The first-order chi connectivity index (χ1) is 8.95. The number of pyridine rings is 1. The molecule has 2 N–H and O–H groups in total. The van der Waals surface area contributed by atoms with Crippen LogP contribution in [0.25, 0.3) is 11.0 Å². The van der Waals surface area contributed by atoms with Gasteiger partial charge in [-0.15, -0.1) is 11.6 Å². The lowest BCUT2D eigenvalue weighted by Gasteiger charge is -2.28. The van der Waals surface area contributed by atoms with Gasteiger partial charge in [0.25, 0.3) is 0 Å². The van der Waals surface area contributed by atoms with Crippen LogP contribution in [0.5, 0.6) is 0 Å². The number of carbonyl (C=O) groups excluding carboxylic acids is 1. The zero-order valence-electron chi connectivity index (χ0n) is 11.1. The molecule has 0 spiro atoms. The third kappa shape index (κ3) is 2.71. The molecule has 0 bridgehead atoms. The van der Waals surface area contributed by atoms with Crippen molar-refractivity contribution in [1.82, 2.24) is 14.5 Å². The van der Waals surface area contributed by atoms with Crippen molar-refractivity contribution in [2.45, 2.75) is 32.2 Å². The molecule has 2 heterocycles. The van der Waals surface area contributed by atoms with Crippen LogP contribution >= 0.6 is 11.6 Å². The largest absolute Gasteiger partial charge is 0.370 e. The van der Waals surface area contributed by atoms with Gasteiger partial charge in [-0.05, 0) is 19.9 Å². The zero-order chi connectivity index (χ0) is 14.0. The summed E-state index contributed by atoms with van der Waals surface area (Å²) in [6.45, 7) is 3.94. The molecular weight excluding hydrogens is 264 g/mol. The summed E-state index contributed by atoms with van der Waals surface area (Å²) in [5.74, 6) is 0.991. The minimum atomic E-state index is -0.441. The maximum absolute atomic E-state index is 11.3. The van der Waals surface area contributed by atoms with E-state index in [0.717, 1.165) is 16.9 Å². The van der Waals surface area contributed by atoms with E-state index in [1.807, 2.05) is 24.5 Å². The Kier molecular flexibility index (Phi) is 3.75. The lowest BCUT2D eigenvalue weighted by molar-refractivity contribution is -0.119. The Bertz CT molecular complexity index is 606. The van der Waals surface area contributed by atoms with Gasteiger partial charge < -0.3 is 10.3 Å². The van der Waals surface area contributed by atoms with Crippen molar-refractivity contribution < 1.29 is 4.79 Å². The molecule has 0 aliphatic rings. The fraction of sp³-hybridized carbons (Fsp3) is 0.462. The Labute approximate surface area is 116 Å². The molecule has 6 heteroatoms. The first-order valence-electron chi connectivity index (χ1n) is 6.12. The molecule has 0 aliphatic carbocycles. The summed E-state index contributed by atoms with van der Waals surface area (Å²) >= 11 is 5.83. The minimum Gasteiger partial charge on any atom is -0.370 e. The van der Waals surface area contributed by atoms with Gasteiger partial charge in [0.2, 0.25) is 5.91 Å². The number of hydrogen-bond donors (Lipinski definition) is 1. The van der Waals surface area contributed by atoms with Gasteiger partial charge in [-0.3, -0.25) is 9.78 Å². The second-order valence-electron chi connectivity index (χ2n) is 5.12. The highest BCUT2D eigenvalue weighted by Gasteiger charge is 2.27. The van der Waals surface area contributed by atoms with E-state index in [0.29, 0.717) is 12.3 Å². The molecule has 2 aromatic heterocycles. The molecule has 2 rings (SSSR count). The van der Waals surface area contributed by atoms with Crippen LogP contribution in [0.3, 0.4) is 0 Å². The standard InChI is InChI=1S/C13H17ClN4O/c1-13(2,7-11(15)19)18-10-4-6-16-8-9(10)17-12(18)3-5-14/h4,6,8H,3,5,7H2,1-2H3,(H2,15,19). The number of rotatable bonds is 5. The molecule has 5 nitrogen and oxygen atoms in total. The average Bonchev–Trinajstić information content (AvgIpc) is 2.66. The first kappa shape index (κ1) is 13.8. The predicted molar refractivity (Wildman–Crippen MR) is 75.1 cm³/mol. The van der Waals surface area contributed by atoms with Crippen LogP contribution in [0, 0.1) is 0 Å². The number of fused-ring (bicyclic) bond motifs is 1. The van der Waals surface area contributed by atoms with Crippen molar-refractivity contribution in [2.24, 2.45) is 5.73 Å². The van der Waals surface area contributed by atoms with Crippen LogP contribution < -0.4 is 5.73 Å². The highest BCUT2D eigenvalue weighted by molar-refractivity contribution is 6.17. The number of nitrogens with zero attached hydrogens (tertiary/aromatic N) is 3. The monoisotopic (exact) mass is 280 g/mol. The molecule has 19 heavy (non-hydrogen) atoms. The van der Waals surface area contributed by atoms with Crippen LogP contribution in [0.2, 0.25) is 0 Å². The van der Waals surface area contributed by atoms with Crippen LogP contribution in [0.15, 0.2) is 18.5 Å². The molecule has 2 aromatic rings. The number of imidazole rings is 1. The summed E-state index contributed by atoms with van der Waals surface area (Å²) in [5, 5.41) is 0.